The lowest BCUT2D eigenvalue weighted by Crippen LogP contribution is -2.11. The summed E-state index contributed by atoms with van der Waals surface area (Å²) in [6.45, 7) is -2.87. The van der Waals surface area contributed by atoms with Gasteiger partial charge >= 0.3 is 6.61 Å². The molecule has 2 heterocycles. The van der Waals surface area contributed by atoms with Gasteiger partial charge in [0.05, 0.1) is 5.69 Å². The Morgan fingerprint density at radius 1 is 1.03 bits per heavy atom. The second-order valence-electron chi connectivity index (χ2n) is 5.88. The summed E-state index contributed by atoms with van der Waals surface area (Å²) in [5, 5.41) is 11.7. The molecule has 10 heteroatoms. The standard InChI is InChI=1S/C19H15F2N5OS2/c20-18(21)27-15-8-6-12(7-9-15)16-24-25-19(26(16)22)29-11-14-10-28-17(23-14)13-4-2-1-3-5-13/h1-10,18H,11,22H2. The molecule has 0 saturated carbocycles. The number of thiazole rings is 1. The number of nitrogens with two attached hydrogens (primary N) is 1. The molecule has 0 spiro atoms. The minimum Gasteiger partial charge on any atom is -0.435 e. The summed E-state index contributed by atoms with van der Waals surface area (Å²) in [5.74, 6) is 7.21. The molecule has 0 bridgehead atoms. The summed E-state index contributed by atoms with van der Waals surface area (Å²) < 4.78 is 30.2. The van der Waals surface area contributed by atoms with Crippen molar-refractivity contribution in [1.29, 1.82) is 0 Å². The highest BCUT2D eigenvalue weighted by Gasteiger charge is 2.14. The van der Waals surface area contributed by atoms with Crippen molar-refractivity contribution in [3.05, 3.63) is 65.7 Å². The Morgan fingerprint density at radius 2 is 1.79 bits per heavy atom. The molecule has 4 rings (SSSR count). The predicted molar refractivity (Wildman–Crippen MR) is 109 cm³/mol. The molecule has 0 amide bonds. The van der Waals surface area contributed by atoms with E-state index in [0.29, 0.717) is 22.3 Å². The van der Waals surface area contributed by atoms with Gasteiger partial charge in [-0.25, -0.2) is 9.66 Å². The zero-order valence-corrected chi connectivity index (χ0v) is 16.5. The van der Waals surface area contributed by atoms with Crippen molar-refractivity contribution in [2.24, 2.45) is 0 Å². The van der Waals surface area contributed by atoms with Crippen molar-refractivity contribution >= 4 is 23.1 Å². The van der Waals surface area contributed by atoms with E-state index < -0.39 is 6.61 Å². The van der Waals surface area contributed by atoms with Crippen LogP contribution in [0.1, 0.15) is 5.69 Å². The molecular formula is C19H15F2N5OS2. The van der Waals surface area contributed by atoms with Gasteiger partial charge in [0.25, 0.3) is 0 Å². The van der Waals surface area contributed by atoms with Crippen molar-refractivity contribution in [2.45, 2.75) is 17.5 Å². The summed E-state index contributed by atoms with van der Waals surface area (Å²) in [4.78, 5) is 4.65. The van der Waals surface area contributed by atoms with Crippen LogP contribution in [0.4, 0.5) is 8.78 Å². The summed E-state index contributed by atoms with van der Waals surface area (Å²) in [6.07, 6.45) is 0. The molecule has 6 nitrogen and oxygen atoms in total. The first-order valence-electron chi connectivity index (χ1n) is 8.48. The molecule has 2 aromatic heterocycles. The maximum Gasteiger partial charge on any atom is 0.387 e. The fraction of sp³-hybridized carbons (Fsp3) is 0.105. The van der Waals surface area contributed by atoms with Crippen molar-refractivity contribution in [1.82, 2.24) is 19.9 Å². The average molecular weight is 431 g/mol. The van der Waals surface area contributed by atoms with E-state index in [-0.39, 0.29) is 5.75 Å². The number of ether oxygens (including phenoxy) is 1. The maximum absolute atomic E-state index is 12.3. The largest absolute Gasteiger partial charge is 0.435 e. The Balaban J connectivity index is 1.43. The number of hydrogen-bond donors (Lipinski definition) is 1. The van der Waals surface area contributed by atoms with E-state index >= 15 is 0 Å². The fourth-order valence-electron chi connectivity index (χ4n) is 2.58. The van der Waals surface area contributed by atoms with Crippen LogP contribution < -0.4 is 10.6 Å². The number of nitrogens with zero attached hydrogens (tertiary/aromatic N) is 4. The second kappa shape index (κ2) is 8.58. The topological polar surface area (TPSA) is 78.9 Å². The molecule has 29 heavy (non-hydrogen) atoms. The SMILES string of the molecule is Nn1c(SCc2csc(-c3ccccc3)n2)nnc1-c1ccc(OC(F)F)cc1. The number of nitrogen functional groups attached to an aromatic ring is 1. The Labute approximate surface area is 173 Å². The number of hydrogen-bond acceptors (Lipinski definition) is 7. The van der Waals surface area contributed by atoms with E-state index in [1.54, 1.807) is 23.5 Å². The van der Waals surface area contributed by atoms with Gasteiger partial charge in [0.2, 0.25) is 5.16 Å². The molecule has 0 aliphatic carbocycles. The van der Waals surface area contributed by atoms with E-state index in [9.17, 15) is 8.78 Å². The Hall–Kier alpha value is -2.98. The third kappa shape index (κ3) is 4.54. The Bertz CT molecular complexity index is 1080. The third-order valence-electron chi connectivity index (χ3n) is 3.92. The van der Waals surface area contributed by atoms with Crippen molar-refractivity contribution in [3.63, 3.8) is 0 Å². The molecule has 0 fully saturated rings. The number of benzene rings is 2. The van der Waals surface area contributed by atoms with Gasteiger partial charge in [-0.2, -0.15) is 8.78 Å². The molecule has 0 aliphatic rings. The van der Waals surface area contributed by atoms with Gasteiger partial charge in [-0.1, -0.05) is 42.1 Å². The normalized spacial score (nSPS) is 11.1. The second-order valence-corrected chi connectivity index (χ2v) is 7.68. The third-order valence-corrected chi connectivity index (χ3v) is 5.84. The van der Waals surface area contributed by atoms with Gasteiger partial charge in [0, 0.05) is 22.3 Å². The highest BCUT2D eigenvalue weighted by molar-refractivity contribution is 7.98. The van der Waals surface area contributed by atoms with Crippen LogP contribution in [-0.2, 0) is 5.75 Å². The zero-order chi connectivity index (χ0) is 20.2. The molecule has 148 valence electrons. The van der Waals surface area contributed by atoms with E-state index in [1.165, 1.54) is 28.6 Å². The molecule has 0 saturated heterocycles. The first-order chi connectivity index (χ1) is 14.1. The van der Waals surface area contributed by atoms with Crippen LogP contribution in [0.5, 0.6) is 5.75 Å². The summed E-state index contributed by atoms with van der Waals surface area (Å²) in [6, 6.07) is 16.1. The Kier molecular flexibility index (Phi) is 5.72. The van der Waals surface area contributed by atoms with Gasteiger partial charge < -0.3 is 10.6 Å². The van der Waals surface area contributed by atoms with Crippen LogP contribution in [0.15, 0.2) is 65.1 Å². The number of aromatic nitrogens is 4. The van der Waals surface area contributed by atoms with Crippen LogP contribution >= 0.6 is 23.1 Å². The van der Waals surface area contributed by atoms with Gasteiger partial charge in [-0.05, 0) is 24.3 Å². The molecular weight excluding hydrogens is 416 g/mol. The highest BCUT2D eigenvalue weighted by atomic mass is 32.2. The molecule has 0 radical (unpaired) electrons. The van der Waals surface area contributed by atoms with Crippen molar-refractivity contribution in [3.8, 4) is 27.7 Å². The smallest absolute Gasteiger partial charge is 0.387 e. The van der Waals surface area contributed by atoms with Gasteiger partial charge in [-0.15, -0.1) is 21.5 Å². The van der Waals surface area contributed by atoms with Gasteiger partial charge in [0.1, 0.15) is 10.8 Å². The molecule has 2 N–H and O–H groups in total. The zero-order valence-electron chi connectivity index (χ0n) is 14.9. The van der Waals surface area contributed by atoms with Crippen LogP contribution in [0.3, 0.4) is 0 Å². The average Bonchev–Trinajstić information content (AvgIpc) is 3.34. The number of thioether (sulfide) groups is 1. The van der Waals surface area contributed by atoms with E-state index in [1.807, 2.05) is 35.7 Å². The molecule has 0 aliphatic heterocycles. The van der Waals surface area contributed by atoms with Crippen LogP contribution in [-0.4, -0.2) is 26.5 Å². The lowest BCUT2D eigenvalue weighted by atomic mass is 10.2. The molecule has 2 aromatic carbocycles. The summed E-state index contributed by atoms with van der Waals surface area (Å²) in [5.41, 5.74) is 2.66. The highest BCUT2D eigenvalue weighted by Crippen LogP contribution is 2.28. The number of alkyl halides is 2. The van der Waals surface area contributed by atoms with Crippen LogP contribution in [0, 0.1) is 0 Å². The van der Waals surface area contributed by atoms with Gasteiger partial charge in [0.15, 0.2) is 5.82 Å². The van der Waals surface area contributed by atoms with E-state index in [4.69, 9.17) is 5.84 Å². The van der Waals surface area contributed by atoms with E-state index in [0.717, 1.165) is 16.3 Å². The molecule has 4 aromatic rings. The van der Waals surface area contributed by atoms with Gasteiger partial charge in [-0.3, -0.25) is 0 Å². The molecule has 0 unspecified atom stereocenters. The van der Waals surface area contributed by atoms with Crippen LogP contribution in [0.2, 0.25) is 0 Å². The molecule has 0 atom stereocenters. The lowest BCUT2D eigenvalue weighted by Gasteiger charge is -2.06. The monoisotopic (exact) mass is 431 g/mol. The summed E-state index contributed by atoms with van der Waals surface area (Å²) in [7, 11) is 0. The number of halogens is 2. The quantitative estimate of drug-likeness (QED) is 0.338. The van der Waals surface area contributed by atoms with E-state index in [2.05, 4.69) is 19.9 Å². The fourth-order valence-corrected chi connectivity index (χ4v) is 4.26. The van der Waals surface area contributed by atoms with Crippen molar-refractivity contribution < 1.29 is 13.5 Å². The van der Waals surface area contributed by atoms with Crippen LogP contribution in [0.25, 0.3) is 22.0 Å². The lowest BCUT2D eigenvalue weighted by molar-refractivity contribution is -0.0498. The first-order valence-corrected chi connectivity index (χ1v) is 10.3. The number of rotatable bonds is 7. The van der Waals surface area contributed by atoms with Crippen molar-refractivity contribution in [2.75, 3.05) is 5.84 Å². The Morgan fingerprint density at radius 3 is 2.52 bits per heavy atom. The maximum atomic E-state index is 12.3. The minimum absolute atomic E-state index is 0.0687. The minimum atomic E-state index is -2.87. The predicted octanol–water partition coefficient (Wildman–Crippen LogP) is 4.68. The summed E-state index contributed by atoms with van der Waals surface area (Å²) >= 11 is 3.01. The first kappa shape index (κ1) is 19.3.